The van der Waals surface area contributed by atoms with Gasteiger partial charge in [0.2, 0.25) is 0 Å². The van der Waals surface area contributed by atoms with Crippen molar-refractivity contribution >= 4 is 5.91 Å². The number of ether oxygens (including phenoxy) is 2. The minimum Gasteiger partial charge on any atom is -0.484 e. The minimum atomic E-state index is -0.120. The van der Waals surface area contributed by atoms with Gasteiger partial charge in [0.1, 0.15) is 5.75 Å². The van der Waals surface area contributed by atoms with E-state index in [1.165, 1.54) is 5.56 Å². The fourth-order valence-electron chi connectivity index (χ4n) is 2.89. The zero-order valence-corrected chi connectivity index (χ0v) is 15.2. The summed E-state index contributed by atoms with van der Waals surface area (Å²) in [5, 5.41) is 2.90. The van der Waals surface area contributed by atoms with E-state index in [1.54, 1.807) is 0 Å². The number of nitrogens with one attached hydrogen (secondary N) is 1. The second kappa shape index (κ2) is 9.36. The summed E-state index contributed by atoms with van der Waals surface area (Å²) < 4.78 is 10.9. The first-order valence-electron chi connectivity index (χ1n) is 9.04. The molecular formula is C21H26N2O3. The summed E-state index contributed by atoms with van der Waals surface area (Å²) in [6.07, 6.45) is 0. The van der Waals surface area contributed by atoms with E-state index in [9.17, 15) is 4.79 Å². The lowest BCUT2D eigenvalue weighted by atomic mass is 10.1. The fraction of sp³-hybridized carbons (Fsp3) is 0.381. The third-order valence-electron chi connectivity index (χ3n) is 4.47. The van der Waals surface area contributed by atoms with Crippen LogP contribution in [0.15, 0.2) is 48.5 Å². The summed E-state index contributed by atoms with van der Waals surface area (Å²) in [4.78, 5) is 14.4. The van der Waals surface area contributed by atoms with E-state index < -0.39 is 0 Å². The number of nitrogens with zero attached hydrogens (tertiary/aromatic N) is 1. The van der Waals surface area contributed by atoms with Crippen LogP contribution in [-0.4, -0.2) is 43.7 Å². The van der Waals surface area contributed by atoms with Crippen molar-refractivity contribution in [3.05, 3.63) is 65.2 Å². The van der Waals surface area contributed by atoms with Crippen molar-refractivity contribution in [2.24, 2.45) is 0 Å². The first-order valence-corrected chi connectivity index (χ1v) is 9.04. The molecular weight excluding hydrogens is 328 g/mol. The van der Waals surface area contributed by atoms with Gasteiger partial charge in [-0.25, -0.2) is 0 Å². The quantitative estimate of drug-likeness (QED) is 0.830. The van der Waals surface area contributed by atoms with E-state index in [1.807, 2.05) is 31.2 Å². The number of aryl methyl sites for hydroxylation is 1. The van der Waals surface area contributed by atoms with E-state index in [0.717, 1.165) is 49.7 Å². The van der Waals surface area contributed by atoms with Crippen LogP contribution in [-0.2, 0) is 22.6 Å². The van der Waals surface area contributed by atoms with Crippen LogP contribution in [0.5, 0.6) is 5.75 Å². The normalized spacial score (nSPS) is 14.8. The van der Waals surface area contributed by atoms with Crippen LogP contribution in [0.2, 0.25) is 0 Å². The molecule has 1 amide bonds. The van der Waals surface area contributed by atoms with E-state index in [2.05, 4.69) is 34.5 Å². The SMILES string of the molecule is Cc1ccccc1OCC(=O)NCc1ccc(CN2CCOCC2)cc1. The Morgan fingerprint density at radius 3 is 2.50 bits per heavy atom. The maximum atomic E-state index is 12.0. The van der Waals surface area contributed by atoms with E-state index in [-0.39, 0.29) is 12.5 Å². The topological polar surface area (TPSA) is 50.8 Å². The Hall–Kier alpha value is -2.37. The van der Waals surface area contributed by atoms with Gasteiger partial charge in [0.05, 0.1) is 13.2 Å². The predicted octanol–water partition coefficient (Wildman–Crippen LogP) is 2.52. The highest BCUT2D eigenvalue weighted by atomic mass is 16.5. The first kappa shape index (κ1) is 18.4. The molecule has 1 aliphatic heterocycles. The molecule has 0 bridgehead atoms. The first-order chi connectivity index (χ1) is 12.7. The second-order valence-electron chi connectivity index (χ2n) is 6.54. The van der Waals surface area contributed by atoms with Crippen molar-refractivity contribution in [2.75, 3.05) is 32.9 Å². The summed E-state index contributed by atoms with van der Waals surface area (Å²) in [7, 11) is 0. The third-order valence-corrected chi connectivity index (χ3v) is 4.47. The van der Waals surface area contributed by atoms with E-state index >= 15 is 0 Å². The summed E-state index contributed by atoms with van der Waals surface area (Å²) in [5.74, 6) is 0.626. The van der Waals surface area contributed by atoms with Gasteiger partial charge in [-0.2, -0.15) is 0 Å². The number of benzene rings is 2. The van der Waals surface area contributed by atoms with Crippen molar-refractivity contribution in [3.63, 3.8) is 0 Å². The molecule has 0 radical (unpaired) electrons. The molecule has 1 N–H and O–H groups in total. The molecule has 1 fully saturated rings. The summed E-state index contributed by atoms with van der Waals surface area (Å²) in [6.45, 7) is 7.04. The number of morpholine rings is 1. The molecule has 0 unspecified atom stereocenters. The van der Waals surface area contributed by atoms with Crippen molar-refractivity contribution in [1.82, 2.24) is 10.2 Å². The lowest BCUT2D eigenvalue weighted by Gasteiger charge is -2.26. The number of para-hydroxylation sites is 1. The number of amides is 1. The largest absolute Gasteiger partial charge is 0.484 e. The molecule has 2 aromatic rings. The van der Waals surface area contributed by atoms with Crippen LogP contribution < -0.4 is 10.1 Å². The summed E-state index contributed by atoms with van der Waals surface area (Å²) in [6, 6.07) is 16.1. The Labute approximate surface area is 154 Å². The number of rotatable bonds is 7. The molecule has 1 heterocycles. The summed E-state index contributed by atoms with van der Waals surface area (Å²) >= 11 is 0. The van der Waals surface area contributed by atoms with Crippen molar-refractivity contribution in [3.8, 4) is 5.75 Å². The fourth-order valence-corrected chi connectivity index (χ4v) is 2.89. The van der Waals surface area contributed by atoms with E-state index in [0.29, 0.717) is 6.54 Å². The molecule has 2 aromatic carbocycles. The van der Waals surface area contributed by atoms with Crippen LogP contribution in [0.4, 0.5) is 0 Å². The van der Waals surface area contributed by atoms with Crippen LogP contribution in [0.25, 0.3) is 0 Å². The Balaban J connectivity index is 1.41. The Kier molecular flexibility index (Phi) is 6.63. The smallest absolute Gasteiger partial charge is 0.258 e. The number of hydrogen-bond donors (Lipinski definition) is 1. The van der Waals surface area contributed by atoms with Gasteiger partial charge in [0, 0.05) is 26.2 Å². The number of hydrogen-bond acceptors (Lipinski definition) is 4. The molecule has 5 nitrogen and oxygen atoms in total. The van der Waals surface area contributed by atoms with Crippen LogP contribution in [0, 0.1) is 6.92 Å². The molecule has 0 aromatic heterocycles. The van der Waals surface area contributed by atoms with Crippen molar-refractivity contribution in [1.29, 1.82) is 0 Å². The van der Waals surface area contributed by atoms with Gasteiger partial charge in [0.25, 0.3) is 5.91 Å². The monoisotopic (exact) mass is 354 g/mol. The Morgan fingerprint density at radius 2 is 1.77 bits per heavy atom. The van der Waals surface area contributed by atoms with Crippen molar-refractivity contribution in [2.45, 2.75) is 20.0 Å². The molecule has 1 aliphatic rings. The maximum Gasteiger partial charge on any atom is 0.258 e. The van der Waals surface area contributed by atoms with E-state index in [4.69, 9.17) is 9.47 Å². The molecule has 26 heavy (non-hydrogen) atoms. The Bertz CT molecular complexity index is 709. The molecule has 0 spiro atoms. The highest BCUT2D eigenvalue weighted by Crippen LogP contribution is 2.15. The standard InChI is InChI=1S/C21H26N2O3/c1-17-4-2-3-5-20(17)26-16-21(24)22-14-18-6-8-19(9-7-18)15-23-10-12-25-13-11-23/h2-9H,10-16H2,1H3,(H,22,24). The molecule has 1 saturated heterocycles. The number of carbonyl (C=O) groups excluding carboxylic acids is 1. The lowest BCUT2D eigenvalue weighted by molar-refractivity contribution is -0.123. The molecule has 3 rings (SSSR count). The molecule has 0 saturated carbocycles. The zero-order valence-electron chi connectivity index (χ0n) is 15.2. The molecule has 5 heteroatoms. The highest BCUT2D eigenvalue weighted by molar-refractivity contribution is 5.77. The molecule has 0 atom stereocenters. The lowest BCUT2D eigenvalue weighted by Crippen LogP contribution is -2.35. The van der Waals surface area contributed by atoms with Gasteiger partial charge >= 0.3 is 0 Å². The average Bonchev–Trinajstić information content (AvgIpc) is 2.68. The van der Waals surface area contributed by atoms with Crippen LogP contribution in [0.1, 0.15) is 16.7 Å². The minimum absolute atomic E-state index is 0.0277. The number of carbonyl (C=O) groups is 1. The van der Waals surface area contributed by atoms with Crippen LogP contribution >= 0.6 is 0 Å². The predicted molar refractivity (Wildman–Crippen MR) is 101 cm³/mol. The second-order valence-corrected chi connectivity index (χ2v) is 6.54. The van der Waals surface area contributed by atoms with Crippen molar-refractivity contribution < 1.29 is 14.3 Å². The average molecular weight is 354 g/mol. The zero-order chi connectivity index (χ0) is 18.2. The Morgan fingerprint density at radius 1 is 1.08 bits per heavy atom. The van der Waals surface area contributed by atoms with Gasteiger partial charge in [-0.05, 0) is 29.7 Å². The molecule has 138 valence electrons. The third kappa shape index (κ3) is 5.58. The van der Waals surface area contributed by atoms with Gasteiger partial charge < -0.3 is 14.8 Å². The van der Waals surface area contributed by atoms with Gasteiger partial charge in [0.15, 0.2) is 6.61 Å². The van der Waals surface area contributed by atoms with Gasteiger partial charge in [-0.1, -0.05) is 42.5 Å². The molecule has 0 aliphatic carbocycles. The van der Waals surface area contributed by atoms with Gasteiger partial charge in [-0.3, -0.25) is 9.69 Å². The van der Waals surface area contributed by atoms with Gasteiger partial charge in [-0.15, -0.1) is 0 Å². The highest BCUT2D eigenvalue weighted by Gasteiger charge is 2.10. The van der Waals surface area contributed by atoms with Crippen LogP contribution in [0.3, 0.4) is 0 Å². The maximum absolute atomic E-state index is 12.0. The summed E-state index contributed by atoms with van der Waals surface area (Å²) in [5.41, 5.74) is 3.39.